The lowest BCUT2D eigenvalue weighted by molar-refractivity contribution is 0.0686. The van der Waals surface area contributed by atoms with Crippen LogP contribution in [0.25, 0.3) is 0 Å². The topological polar surface area (TPSA) is 82.3 Å². The average molecular weight is 439 g/mol. The number of hydrogen-bond donors (Lipinski definition) is 1. The third-order valence-electron chi connectivity index (χ3n) is 4.49. The van der Waals surface area contributed by atoms with Crippen LogP contribution in [0.1, 0.15) is 23.3 Å². The average Bonchev–Trinajstić information content (AvgIpc) is 3.43. The molecule has 0 radical (unpaired) electrons. The molecule has 1 atom stereocenters. The minimum absolute atomic E-state index is 0.337. The number of ether oxygens (including phenoxy) is 2. The molecule has 7 nitrogen and oxygen atoms in total. The molecule has 0 bridgehead atoms. The number of benzene rings is 2. The number of nitrogens with one attached hydrogen (secondary N) is 1. The summed E-state index contributed by atoms with van der Waals surface area (Å²) in [5, 5.41) is 15.0. The van der Waals surface area contributed by atoms with Crippen LogP contribution in [0.5, 0.6) is 11.5 Å². The van der Waals surface area contributed by atoms with Crippen LogP contribution in [0, 0.1) is 6.92 Å². The molecule has 0 saturated carbocycles. The number of anilines is 2. The standard InChI is InChI=1S/C21H18N4O3S2/c1-13-6-2-3-7-15(13)23-20-22-14(11-29-20)12-30-21-25-24-19(28-21)18-10-26-16-8-4-5-9-17(16)27-18/h2-9,11,18H,10,12H2,1H3,(H,22,23). The van der Waals surface area contributed by atoms with E-state index in [9.17, 15) is 0 Å². The first-order chi connectivity index (χ1) is 14.7. The number of para-hydroxylation sites is 3. The van der Waals surface area contributed by atoms with Crippen LogP contribution in [0.4, 0.5) is 10.8 Å². The SMILES string of the molecule is Cc1ccccc1Nc1nc(CSc2nnc(C3COc4ccccc4O3)o2)cs1. The first kappa shape index (κ1) is 19.0. The van der Waals surface area contributed by atoms with Crippen LogP contribution in [-0.4, -0.2) is 21.8 Å². The minimum atomic E-state index is -0.411. The van der Waals surface area contributed by atoms with Gasteiger partial charge in [-0.15, -0.1) is 21.5 Å². The van der Waals surface area contributed by atoms with E-state index in [0.717, 1.165) is 22.3 Å². The Balaban J connectivity index is 1.19. The summed E-state index contributed by atoms with van der Waals surface area (Å²) in [6.45, 7) is 2.41. The van der Waals surface area contributed by atoms with E-state index < -0.39 is 6.10 Å². The maximum Gasteiger partial charge on any atom is 0.277 e. The normalized spacial score (nSPS) is 15.2. The molecule has 3 heterocycles. The van der Waals surface area contributed by atoms with Gasteiger partial charge in [-0.25, -0.2) is 4.98 Å². The highest BCUT2D eigenvalue weighted by molar-refractivity contribution is 7.98. The second kappa shape index (κ2) is 8.37. The second-order valence-corrected chi connectivity index (χ2v) is 8.43. The van der Waals surface area contributed by atoms with Gasteiger partial charge in [0.05, 0.1) is 5.69 Å². The van der Waals surface area contributed by atoms with Gasteiger partial charge < -0.3 is 19.2 Å². The van der Waals surface area contributed by atoms with Gasteiger partial charge in [0.2, 0.25) is 6.10 Å². The third-order valence-corrected chi connectivity index (χ3v) is 6.15. The Bertz CT molecular complexity index is 1160. The highest BCUT2D eigenvalue weighted by Crippen LogP contribution is 2.36. The lowest BCUT2D eigenvalue weighted by Crippen LogP contribution is -2.21. The molecule has 0 spiro atoms. The van der Waals surface area contributed by atoms with Crippen molar-refractivity contribution in [2.75, 3.05) is 11.9 Å². The van der Waals surface area contributed by atoms with E-state index in [0.29, 0.717) is 29.2 Å². The molecule has 0 amide bonds. The molecule has 0 fully saturated rings. The lowest BCUT2D eigenvalue weighted by atomic mass is 10.2. The van der Waals surface area contributed by atoms with Gasteiger partial charge >= 0.3 is 0 Å². The Morgan fingerprint density at radius 3 is 2.83 bits per heavy atom. The summed E-state index contributed by atoms with van der Waals surface area (Å²) in [4.78, 5) is 4.64. The predicted molar refractivity (Wildman–Crippen MR) is 116 cm³/mol. The molecule has 1 unspecified atom stereocenters. The van der Waals surface area contributed by atoms with Gasteiger partial charge in [0.25, 0.3) is 11.1 Å². The van der Waals surface area contributed by atoms with E-state index in [2.05, 4.69) is 33.5 Å². The maximum absolute atomic E-state index is 5.91. The van der Waals surface area contributed by atoms with Crippen LogP contribution in [0.3, 0.4) is 0 Å². The van der Waals surface area contributed by atoms with Gasteiger partial charge in [0, 0.05) is 16.8 Å². The molecule has 2 aromatic carbocycles. The third kappa shape index (κ3) is 4.12. The Hall–Kier alpha value is -3.04. The zero-order valence-corrected chi connectivity index (χ0v) is 17.7. The Kier molecular flexibility index (Phi) is 5.29. The molecule has 0 aliphatic carbocycles. The summed E-state index contributed by atoms with van der Waals surface area (Å²) < 4.78 is 17.4. The minimum Gasteiger partial charge on any atom is -0.485 e. The lowest BCUT2D eigenvalue weighted by Gasteiger charge is -2.23. The molecule has 1 aliphatic rings. The number of fused-ring (bicyclic) bond motifs is 1. The number of thioether (sulfide) groups is 1. The summed E-state index contributed by atoms with van der Waals surface area (Å²) in [6, 6.07) is 15.7. The summed E-state index contributed by atoms with van der Waals surface area (Å²) in [7, 11) is 0. The Morgan fingerprint density at radius 1 is 1.10 bits per heavy atom. The molecule has 1 N–H and O–H groups in total. The molecule has 30 heavy (non-hydrogen) atoms. The van der Waals surface area contributed by atoms with Crippen molar-refractivity contribution in [1.29, 1.82) is 0 Å². The van der Waals surface area contributed by atoms with Crippen molar-refractivity contribution in [1.82, 2.24) is 15.2 Å². The van der Waals surface area contributed by atoms with Crippen molar-refractivity contribution in [2.45, 2.75) is 24.0 Å². The zero-order valence-electron chi connectivity index (χ0n) is 16.1. The van der Waals surface area contributed by atoms with Crippen LogP contribution in [-0.2, 0) is 5.75 Å². The van der Waals surface area contributed by atoms with Crippen LogP contribution >= 0.6 is 23.1 Å². The fraction of sp³-hybridized carbons (Fsp3) is 0.190. The monoisotopic (exact) mass is 438 g/mol. The molecular weight excluding hydrogens is 420 g/mol. The highest BCUT2D eigenvalue weighted by Gasteiger charge is 2.27. The van der Waals surface area contributed by atoms with E-state index >= 15 is 0 Å². The van der Waals surface area contributed by atoms with E-state index in [1.54, 1.807) is 11.3 Å². The summed E-state index contributed by atoms with van der Waals surface area (Å²) in [5.41, 5.74) is 3.19. The van der Waals surface area contributed by atoms with Gasteiger partial charge in [-0.05, 0) is 30.7 Å². The molecular formula is C21H18N4O3S2. The van der Waals surface area contributed by atoms with Gasteiger partial charge in [0.15, 0.2) is 16.6 Å². The largest absolute Gasteiger partial charge is 0.485 e. The van der Waals surface area contributed by atoms with E-state index in [-0.39, 0.29) is 0 Å². The predicted octanol–water partition coefficient (Wildman–Crippen LogP) is 5.38. The summed E-state index contributed by atoms with van der Waals surface area (Å²) in [5.74, 6) is 2.45. The fourth-order valence-electron chi connectivity index (χ4n) is 2.94. The number of rotatable bonds is 6. The maximum atomic E-state index is 5.91. The van der Waals surface area contributed by atoms with E-state index in [1.165, 1.54) is 17.3 Å². The first-order valence-corrected chi connectivity index (χ1v) is 11.2. The summed E-state index contributed by atoms with van der Waals surface area (Å²) in [6.07, 6.45) is -0.411. The Morgan fingerprint density at radius 2 is 1.93 bits per heavy atom. The molecule has 0 saturated heterocycles. The quantitative estimate of drug-likeness (QED) is 0.402. The van der Waals surface area contributed by atoms with Gasteiger partial charge in [-0.3, -0.25) is 0 Å². The number of aryl methyl sites for hydroxylation is 1. The second-order valence-electron chi connectivity index (χ2n) is 6.64. The fourth-order valence-corrected chi connectivity index (χ4v) is 4.43. The van der Waals surface area contributed by atoms with Crippen molar-refractivity contribution in [3.05, 3.63) is 71.1 Å². The van der Waals surface area contributed by atoms with Crippen LogP contribution in [0.2, 0.25) is 0 Å². The van der Waals surface area contributed by atoms with Crippen molar-refractivity contribution < 1.29 is 13.9 Å². The van der Waals surface area contributed by atoms with Crippen molar-refractivity contribution in [3.8, 4) is 11.5 Å². The van der Waals surface area contributed by atoms with Gasteiger partial charge in [-0.1, -0.05) is 42.1 Å². The van der Waals surface area contributed by atoms with Crippen molar-refractivity contribution in [3.63, 3.8) is 0 Å². The highest BCUT2D eigenvalue weighted by atomic mass is 32.2. The van der Waals surface area contributed by atoms with Gasteiger partial charge in [0.1, 0.15) is 6.61 Å². The number of aromatic nitrogens is 3. The number of nitrogens with zero attached hydrogens (tertiary/aromatic N) is 3. The molecule has 5 rings (SSSR count). The molecule has 9 heteroatoms. The zero-order chi connectivity index (χ0) is 20.3. The van der Waals surface area contributed by atoms with Crippen LogP contribution in [0.15, 0.2) is 63.6 Å². The van der Waals surface area contributed by atoms with Crippen molar-refractivity contribution in [2.24, 2.45) is 0 Å². The summed E-state index contributed by atoms with van der Waals surface area (Å²) >= 11 is 3.02. The Labute approximate surface area is 181 Å². The first-order valence-electron chi connectivity index (χ1n) is 9.36. The van der Waals surface area contributed by atoms with Crippen molar-refractivity contribution >= 4 is 33.9 Å². The molecule has 4 aromatic rings. The van der Waals surface area contributed by atoms with Crippen LogP contribution < -0.4 is 14.8 Å². The smallest absolute Gasteiger partial charge is 0.277 e. The number of hydrogen-bond acceptors (Lipinski definition) is 9. The molecule has 1 aliphatic heterocycles. The van der Waals surface area contributed by atoms with Gasteiger partial charge in [-0.2, -0.15) is 0 Å². The molecule has 152 valence electrons. The molecule has 2 aromatic heterocycles. The van der Waals surface area contributed by atoms with E-state index in [1.807, 2.05) is 47.8 Å². The number of thiazole rings is 1. The van der Waals surface area contributed by atoms with E-state index in [4.69, 9.17) is 13.9 Å².